The number of aliphatic carboxylic acids is 1. The van der Waals surface area contributed by atoms with Gasteiger partial charge in [0, 0.05) is 12.2 Å². The van der Waals surface area contributed by atoms with Crippen LogP contribution in [0.3, 0.4) is 0 Å². The van der Waals surface area contributed by atoms with Crippen LogP contribution in [0.15, 0.2) is 25.0 Å². The Labute approximate surface area is 82.6 Å². The average Bonchev–Trinajstić information content (AvgIpc) is 2.16. The van der Waals surface area contributed by atoms with Crippen LogP contribution in [0.4, 0.5) is 0 Å². The third-order valence-electron chi connectivity index (χ3n) is 0.848. The summed E-state index contributed by atoms with van der Waals surface area (Å²) < 4.78 is 8.71. The number of hydrogen-bond acceptors (Lipinski definition) is 4. The Morgan fingerprint density at radius 3 is 2.21 bits per heavy atom. The SMILES string of the molecule is C=COCC.COC(=O)/C=C\C(=O)O. The van der Waals surface area contributed by atoms with Gasteiger partial charge in [0.05, 0.1) is 20.0 Å². The van der Waals surface area contributed by atoms with Crippen LogP contribution < -0.4 is 0 Å². The molecule has 0 radical (unpaired) electrons. The van der Waals surface area contributed by atoms with Crippen molar-refractivity contribution in [2.45, 2.75) is 6.92 Å². The lowest BCUT2D eigenvalue weighted by Gasteiger charge is -1.85. The fourth-order valence-electron chi connectivity index (χ4n) is 0.325. The highest BCUT2D eigenvalue weighted by Gasteiger charge is 1.91. The molecule has 0 aliphatic carbocycles. The maximum absolute atomic E-state index is 10.1. The minimum Gasteiger partial charge on any atom is -0.502 e. The lowest BCUT2D eigenvalue weighted by Crippen LogP contribution is -1.96. The Balaban J connectivity index is 0. The van der Waals surface area contributed by atoms with E-state index >= 15 is 0 Å². The summed E-state index contributed by atoms with van der Waals surface area (Å²) in [5, 5.41) is 7.96. The summed E-state index contributed by atoms with van der Waals surface area (Å²) in [4.78, 5) is 19.9. The van der Waals surface area contributed by atoms with Crippen molar-refractivity contribution in [3.8, 4) is 0 Å². The summed E-state index contributed by atoms with van der Waals surface area (Å²) in [6.45, 7) is 5.97. The Bertz CT molecular complexity index is 207. The maximum atomic E-state index is 10.1. The molecule has 0 aromatic carbocycles. The van der Waals surface area contributed by atoms with Crippen molar-refractivity contribution in [1.29, 1.82) is 0 Å². The molecule has 0 bridgehead atoms. The molecular formula is C9H14O5. The number of esters is 1. The largest absolute Gasteiger partial charge is 0.502 e. The van der Waals surface area contributed by atoms with Crippen LogP contribution in [0.25, 0.3) is 0 Å². The fraction of sp³-hybridized carbons (Fsp3) is 0.333. The fourth-order valence-corrected chi connectivity index (χ4v) is 0.325. The number of carbonyl (C=O) groups excluding carboxylic acids is 1. The first-order valence-corrected chi connectivity index (χ1v) is 3.79. The van der Waals surface area contributed by atoms with E-state index in [0.29, 0.717) is 6.08 Å². The van der Waals surface area contributed by atoms with Gasteiger partial charge >= 0.3 is 11.9 Å². The first-order valence-electron chi connectivity index (χ1n) is 3.79. The van der Waals surface area contributed by atoms with Crippen molar-refractivity contribution in [1.82, 2.24) is 0 Å². The van der Waals surface area contributed by atoms with Gasteiger partial charge in [-0.05, 0) is 6.92 Å². The molecule has 0 rings (SSSR count). The highest BCUT2D eigenvalue weighted by Crippen LogP contribution is 1.76. The summed E-state index contributed by atoms with van der Waals surface area (Å²) in [6, 6.07) is 0. The minimum absolute atomic E-state index is 0.669. The van der Waals surface area contributed by atoms with Gasteiger partial charge < -0.3 is 14.6 Å². The van der Waals surface area contributed by atoms with E-state index in [1.165, 1.54) is 13.4 Å². The van der Waals surface area contributed by atoms with Crippen LogP contribution in [-0.2, 0) is 19.1 Å². The van der Waals surface area contributed by atoms with E-state index in [1.807, 2.05) is 6.92 Å². The van der Waals surface area contributed by atoms with Gasteiger partial charge in [0.25, 0.3) is 0 Å². The highest BCUT2D eigenvalue weighted by atomic mass is 16.5. The Hall–Kier alpha value is -1.78. The Kier molecular flexibility index (Phi) is 11.8. The molecule has 1 N–H and O–H groups in total. The van der Waals surface area contributed by atoms with Crippen molar-refractivity contribution in [3.05, 3.63) is 25.0 Å². The summed E-state index contributed by atoms with van der Waals surface area (Å²) in [7, 11) is 1.18. The van der Waals surface area contributed by atoms with Crippen LogP contribution >= 0.6 is 0 Å². The number of carboxylic acid groups (broad SMARTS) is 1. The number of carbonyl (C=O) groups is 2. The van der Waals surface area contributed by atoms with Gasteiger partial charge in [-0.2, -0.15) is 0 Å². The number of ether oxygens (including phenoxy) is 2. The molecule has 0 spiro atoms. The van der Waals surface area contributed by atoms with Crippen LogP contribution in [-0.4, -0.2) is 30.8 Å². The van der Waals surface area contributed by atoms with Crippen molar-refractivity contribution in [3.63, 3.8) is 0 Å². The molecule has 0 saturated carbocycles. The van der Waals surface area contributed by atoms with E-state index in [4.69, 9.17) is 5.11 Å². The zero-order chi connectivity index (χ0) is 11.4. The molecule has 0 heterocycles. The van der Waals surface area contributed by atoms with Gasteiger partial charge in [0.15, 0.2) is 0 Å². The molecule has 0 aliphatic rings. The Morgan fingerprint density at radius 1 is 1.43 bits per heavy atom. The summed E-state index contributed by atoms with van der Waals surface area (Å²) >= 11 is 0. The van der Waals surface area contributed by atoms with Gasteiger partial charge in [-0.1, -0.05) is 6.58 Å². The normalized spacial score (nSPS) is 8.43. The second-order valence-corrected chi connectivity index (χ2v) is 1.82. The van der Waals surface area contributed by atoms with Crippen molar-refractivity contribution in [2.24, 2.45) is 0 Å². The standard InChI is InChI=1S/C5H6O4.C4H8O/c1-9-5(8)3-2-4(6)7;1-3-5-4-2/h2-3H,1H3,(H,6,7);3H,1,4H2,2H3/b3-2-;. The first-order chi connectivity index (χ1) is 6.58. The minimum atomic E-state index is -1.17. The van der Waals surface area contributed by atoms with Crippen molar-refractivity contribution in [2.75, 3.05) is 13.7 Å². The molecule has 5 heteroatoms. The summed E-state index contributed by atoms with van der Waals surface area (Å²) in [5.74, 6) is -1.84. The number of hydrogen-bond donors (Lipinski definition) is 1. The number of methoxy groups -OCH3 is 1. The molecule has 0 saturated heterocycles. The molecule has 0 fully saturated rings. The van der Waals surface area contributed by atoms with Crippen LogP contribution in [0.2, 0.25) is 0 Å². The predicted molar refractivity (Wildman–Crippen MR) is 50.6 cm³/mol. The number of carboxylic acids is 1. The molecule has 0 amide bonds. The second kappa shape index (κ2) is 11.2. The second-order valence-electron chi connectivity index (χ2n) is 1.82. The highest BCUT2D eigenvalue weighted by molar-refractivity contribution is 5.90. The van der Waals surface area contributed by atoms with Gasteiger partial charge in [0.1, 0.15) is 0 Å². The quantitative estimate of drug-likeness (QED) is 0.417. The number of rotatable bonds is 4. The molecular weight excluding hydrogens is 188 g/mol. The molecule has 0 aliphatic heterocycles. The van der Waals surface area contributed by atoms with Gasteiger partial charge in [-0.25, -0.2) is 9.59 Å². The molecule has 0 aromatic heterocycles. The van der Waals surface area contributed by atoms with Crippen LogP contribution in [0.1, 0.15) is 6.92 Å². The van der Waals surface area contributed by atoms with E-state index < -0.39 is 11.9 Å². The van der Waals surface area contributed by atoms with Crippen LogP contribution in [0.5, 0.6) is 0 Å². The first kappa shape index (κ1) is 14.7. The van der Waals surface area contributed by atoms with Crippen LogP contribution in [0, 0.1) is 0 Å². The zero-order valence-electron chi connectivity index (χ0n) is 8.23. The van der Waals surface area contributed by atoms with E-state index in [-0.39, 0.29) is 0 Å². The topological polar surface area (TPSA) is 72.8 Å². The van der Waals surface area contributed by atoms with Crippen molar-refractivity contribution >= 4 is 11.9 Å². The van der Waals surface area contributed by atoms with Gasteiger partial charge in [0.2, 0.25) is 0 Å². The lowest BCUT2D eigenvalue weighted by molar-refractivity contribution is -0.136. The smallest absolute Gasteiger partial charge is 0.330 e. The lowest BCUT2D eigenvalue weighted by atomic mass is 10.5. The monoisotopic (exact) mass is 202 g/mol. The molecule has 0 aromatic rings. The van der Waals surface area contributed by atoms with E-state index in [9.17, 15) is 9.59 Å². The molecule has 80 valence electrons. The van der Waals surface area contributed by atoms with E-state index in [2.05, 4.69) is 16.1 Å². The summed E-state index contributed by atoms with van der Waals surface area (Å²) in [5.41, 5.74) is 0. The predicted octanol–water partition coefficient (Wildman–Crippen LogP) is 0.967. The maximum Gasteiger partial charge on any atom is 0.330 e. The summed E-state index contributed by atoms with van der Waals surface area (Å²) in [6.07, 6.45) is 2.98. The third kappa shape index (κ3) is 16.7. The average molecular weight is 202 g/mol. The molecule has 5 nitrogen and oxygen atoms in total. The van der Waals surface area contributed by atoms with E-state index in [0.717, 1.165) is 12.7 Å². The van der Waals surface area contributed by atoms with Crippen molar-refractivity contribution < 1.29 is 24.2 Å². The molecule has 14 heavy (non-hydrogen) atoms. The zero-order valence-corrected chi connectivity index (χ0v) is 8.23. The van der Waals surface area contributed by atoms with Gasteiger partial charge in [-0.15, -0.1) is 0 Å². The molecule has 0 unspecified atom stereocenters. The third-order valence-corrected chi connectivity index (χ3v) is 0.848. The Morgan fingerprint density at radius 2 is 2.00 bits per heavy atom. The van der Waals surface area contributed by atoms with Gasteiger partial charge in [-0.3, -0.25) is 0 Å². The van der Waals surface area contributed by atoms with E-state index in [1.54, 1.807) is 0 Å². The molecule has 0 atom stereocenters.